The molecular weight excluding hydrogens is 354 g/mol. The van der Waals surface area contributed by atoms with E-state index in [2.05, 4.69) is 10.5 Å². The van der Waals surface area contributed by atoms with E-state index in [0.717, 1.165) is 42.8 Å². The first-order valence-corrected chi connectivity index (χ1v) is 9.61. The Morgan fingerprint density at radius 1 is 1.04 bits per heavy atom. The van der Waals surface area contributed by atoms with Gasteiger partial charge in [-0.15, -0.1) is 0 Å². The minimum Gasteiger partial charge on any atom is -0.488 e. The molecule has 0 unspecified atom stereocenters. The molecule has 28 heavy (non-hydrogen) atoms. The van der Waals surface area contributed by atoms with E-state index in [1.54, 1.807) is 7.11 Å². The summed E-state index contributed by atoms with van der Waals surface area (Å²) < 4.78 is 17.2. The van der Waals surface area contributed by atoms with Crippen LogP contribution in [0.15, 0.2) is 59.1 Å². The summed E-state index contributed by atoms with van der Waals surface area (Å²) in [5, 5.41) is 7.64. The molecule has 1 aromatic heterocycles. The highest BCUT2D eigenvalue weighted by molar-refractivity contribution is 5.63. The fraction of sp³-hybridized carbons (Fsp3) is 0.364. The van der Waals surface area contributed by atoms with Crippen LogP contribution in [-0.2, 0) is 16.8 Å². The van der Waals surface area contributed by atoms with Crippen molar-refractivity contribution >= 4 is 0 Å². The maximum absolute atomic E-state index is 6.05. The van der Waals surface area contributed by atoms with E-state index in [-0.39, 0.29) is 5.41 Å². The second kappa shape index (κ2) is 8.54. The molecule has 2 aromatic carbocycles. The lowest BCUT2D eigenvalue weighted by molar-refractivity contribution is 0.0850. The van der Waals surface area contributed by atoms with Gasteiger partial charge in [-0.25, -0.2) is 0 Å². The van der Waals surface area contributed by atoms with Crippen molar-refractivity contribution in [2.75, 3.05) is 26.8 Å². The monoisotopic (exact) mass is 379 g/mol. The molecule has 2 heterocycles. The third-order valence-electron chi connectivity index (χ3n) is 5.23. The van der Waals surface area contributed by atoms with E-state index < -0.39 is 0 Å². The summed E-state index contributed by atoms with van der Waals surface area (Å²) >= 11 is 0. The van der Waals surface area contributed by atoms with Crippen LogP contribution in [0.5, 0.6) is 5.75 Å². The second-order valence-corrected chi connectivity index (χ2v) is 7.16. The van der Waals surface area contributed by atoms with Gasteiger partial charge >= 0.3 is 0 Å². The summed E-state index contributed by atoms with van der Waals surface area (Å²) in [4.78, 5) is 4.75. The second-order valence-electron chi connectivity index (χ2n) is 7.16. The fourth-order valence-corrected chi connectivity index (χ4v) is 3.66. The van der Waals surface area contributed by atoms with Gasteiger partial charge in [0.05, 0.1) is 17.6 Å². The smallest absolute Gasteiger partial charge is 0.235 e. The van der Waals surface area contributed by atoms with Crippen molar-refractivity contribution in [2.24, 2.45) is 0 Å². The van der Waals surface area contributed by atoms with Crippen molar-refractivity contribution in [2.45, 2.75) is 24.9 Å². The summed E-state index contributed by atoms with van der Waals surface area (Å²) in [6.45, 7) is 2.89. The number of hydrogen-bond donors (Lipinski definition) is 1. The number of aromatic nitrogens is 2. The Morgan fingerprint density at radius 2 is 1.79 bits per heavy atom. The molecule has 1 saturated heterocycles. The van der Waals surface area contributed by atoms with Crippen LogP contribution in [0, 0.1) is 0 Å². The van der Waals surface area contributed by atoms with Gasteiger partial charge in [0.2, 0.25) is 11.7 Å². The fourth-order valence-electron chi connectivity index (χ4n) is 3.66. The lowest BCUT2D eigenvalue weighted by Gasteiger charge is -2.33. The Hall–Kier alpha value is -2.70. The summed E-state index contributed by atoms with van der Waals surface area (Å²) in [7, 11) is 1.72. The van der Waals surface area contributed by atoms with Crippen molar-refractivity contribution < 1.29 is 14.0 Å². The van der Waals surface area contributed by atoms with Crippen molar-refractivity contribution in [3.8, 4) is 17.1 Å². The van der Waals surface area contributed by atoms with Crippen molar-refractivity contribution in [3.05, 3.63) is 66.1 Å². The molecule has 1 fully saturated rings. The quantitative estimate of drug-likeness (QED) is 0.677. The van der Waals surface area contributed by atoms with Crippen LogP contribution in [0.1, 0.15) is 24.3 Å². The first-order valence-electron chi connectivity index (χ1n) is 9.61. The Bertz CT molecular complexity index is 883. The molecule has 0 bridgehead atoms. The van der Waals surface area contributed by atoms with Crippen LogP contribution in [-0.4, -0.2) is 36.9 Å². The van der Waals surface area contributed by atoms with E-state index in [1.165, 1.54) is 0 Å². The van der Waals surface area contributed by atoms with E-state index >= 15 is 0 Å². The first kappa shape index (κ1) is 18.7. The molecule has 0 atom stereocenters. The lowest BCUT2D eigenvalue weighted by Crippen LogP contribution is -2.43. The Kier molecular flexibility index (Phi) is 5.69. The SMILES string of the molecule is COCC1(c2nc(-c3ccccc3OCc3ccccc3)no2)CCNCC1. The van der Waals surface area contributed by atoms with Crippen LogP contribution >= 0.6 is 0 Å². The third-order valence-corrected chi connectivity index (χ3v) is 5.23. The zero-order valence-electron chi connectivity index (χ0n) is 16.1. The Balaban J connectivity index is 1.58. The molecule has 0 aliphatic carbocycles. The highest BCUT2D eigenvalue weighted by atomic mass is 16.5. The Morgan fingerprint density at radius 3 is 2.57 bits per heavy atom. The van der Waals surface area contributed by atoms with Crippen LogP contribution in [0.2, 0.25) is 0 Å². The number of nitrogens with zero attached hydrogens (tertiary/aromatic N) is 2. The molecule has 3 aromatic rings. The van der Waals surface area contributed by atoms with Gasteiger partial charge in [-0.3, -0.25) is 0 Å². The largest absolute Gasteiger partial charge is 0.488 e. The predicted octanol–water partition coefficient (Wildman–Crippen LogP) is 3.58. The molecule has 0 saturated carbocycles. The topological polar surface area (TPSA) is 69.4 Å². The normalized spacial score (nSPS) is 16.0. The lowest BCUT2D eigenvalue weighted by atomic mass is 9.79. The maximum Gasteiger partial charge on any atom is 0.235 e. The molecule has 6 heteroatoms. The molecule has 0 spiro atoms. The van der Waals surface area contributed by atoms with Crippen LogP contribution < -0.4 is 10.1 Å². The highest BCUT2D eigenvalue weighted by Crippen LogP contribution is 2.35. The maximum atomic E-state index is 6.05. The van der Waals surface area contributed by atoms with Gasteiger partial charge in [0.15, 0.2) is 0 Å². The van der Waals surface area contributed by atoms with E-state index in [4.69, 9.17) is 19.0 Å². The number of para-hydroxylation sites is 1. The molecule has 4 rings (SSSR count). The molecule has 1 aliphatic rings. The molecule has 0 amide bonds. The van der Waals surface area contributed by atoms with E-state index in [9.17, 15) is 0 Å². The molecule has 1 N–H and O–H groups in total. The summed E-state index contributed by atoms with van der Waals surface area (Å²) in [5.74, 6) is 1.93. The third kappa shape index (κ3) is 3.93. The zero-order valence-corrected chi connectivity index (χ0v) is 16.1. The molecule has 6 nitrogen and oxygen atoms in total. The predicted molar refractivity (Wildman–Crippen MR) is 106 cm³/mol. The van der Waals surface area contributed by atoms with Gasteiger partial charge in [-0.1, -0.05) is 47.6 Å². The van der Waals surface area contributed by atoms with Gasteiger partial charge in [0.25, 0.3) is 0 Å². The molecule has 0 radical (unpaired) electrons. The number of ether oxygens (including phenoxy) is 2. The van der Waals surface area contributed by atoms with Crippen molar-refractivity contribution in [1.82, 2.24) is 15.5 Å². The van der Waals surface area contributed by atoms with Crippen LogP contribution in [0.4, 0.5) is 0 Å². The van der Waals surface area contributed by atoms with Gasteiger partial charge in [0, 0.05) is 7.11 Å². The number of piperidine rings is 1. The minimum atomic E-state index is -0.231. The molecule has 146 valence electrons. The average Bonchev–Trinajstić information content (AvgIpc) is 3.25. The van der Waals surface area contributed by atoms with Gasteiger partial charge in [0.1, 0.15) is 12.4 Å². The molecule has 1 aliphatic heterocycles. The van der Waals surface area contributed by atoms with E-state index in [1.807, 2.05) is 54.6 Å². The number of hydrogen-bond acceptors (Lipinski definition) is 6. The number of benzene rings is 2. The summed E-state index contributed by atoms with van der Waals surface area (Å²) in [5.41, 5.74) is 1.71. The van der Waals surface area contributed by atoms with Gasteiger partial charge in [-0.2, -0.15) is 4.98 Å². The highest BCUT2D eigenvalue weighted by Gasteiger charge is 2.39. The van der Waals surface area contributed by atoms with Crippen LogP contribution in [0.3, 0.4) is 0 Å². The van der Waals surface area contributed by atoms with E-state index in [0.29, 0.717) is 24.9 Å². The van der Waals surface area contributed by atoms with Gasteiger partial charge in [-0.05, 0) is 43.6 Å². The van der Waals surface area contributed by atoms with Gasteiger partial charge < -0.3 is 19.3 Å². The number of rotatable bonds is 7. The standard InChI is InChI=1S/C22H25N3O3/c1-26-16-22(11-13-23-14-12-22)21-24-20(25-28-21)18-9-5-6-10-19(18)27-15-17-7-3-2-4-8-17/h2-10,23H,11-16H2,1H3. The number of nitrogens with one attached hydrogen (secondary N) is 1. The number of methoxy groups -OCH3 is 1. The Labute approximate surface area is 164 Å². The van der Waals surface area contributed by atoms with Crippen molar-refractivity contribution in [3.63, 3.8) is 0 Å². The van der Waals surface area contributed by atoms with Crippen LogP contribution in [0.25, 0.3) is 11.4 Å². The summed E-state index contributed by atoms with van der Waals surface area (Å²) in [6.07, 6.45) is 1.82. The first-order chi connectivity index (χ1) is 13.8. The average molecular weight is 379 g/mol. The molecular formula is C22H25N3O3. The van der Waals surface area contributed by atoms with Crippen molar-refractivity contribution in [1.29, 1.82) is 0 Å². The minimum absolute atomic E-state index is 0.231. The zero-order chi connectivity index (χ0) is 19.2. The summed E-state index contributed by atoms with van der Waals surface area (Å²) in [6, 6.07) is 17.9.